The van der Waals surface area contributed by atoms with Crippen LogP contribution in [0.1, 0.15) is 18.4 Å². The number of pyridine rings is 1. The van der Waals surface area contributed by atoms with Gasteiger partial charge in [-0.3, -0.25) is 0 Å². The molecule has 0 radical (unpaired) electrons. The molecule has 146 valence electrons. The van der Waals surface area contributed by atoms with Gasteiger partial charge in [-0.1, -0.05) is 23.4 Å². The number of benzene rings is 1. The Hall–Kier alpha value is -2.35. The fourth-order valence-corrected chi connectivity index (χ4v) is 3.73. The Morgan fingerprint density at radius 1 is 1.14 bits per heavy atom. The van der Waals surface area contributed by atoms with E-state index in [0.717, 1.165) is 34.0 Å². The van der Waals surface area contributed by atoms with Crippen molar-refractivity contribution < 1.29 is 4.52 Å². The Balaban J connectivity index is 0.00000225. The summed E-state index contributed by atoms with van der Waals surface area (Å²) in [7, 11) is 1.93. The average molecular weight is 416 g/mol. The van der Waals surface area contributed by atoms with Crippen LogP contribution in [0.25, 0.3) is 17.1 Å². The highest BCUT2D eigenvalue weighted by atomic mass is 35.5. The van der Waals surface area contributed by atoms with Crippen LogP contribution >= 0.6 is 24.2 Å². The topological polar surface area (TPSA) is 68.2 Å². The van der Waals surface area contributed by atoms with Gasteiger partial charge in [-0.05, 0) is 38.2 Å². The van der Waals surface area contributed by atoms with E-state index in [2.05, 4.69) is 39.6 Å². The Labute approximate surface area is 174 Å². The summed E-state index contributed by atoms with van der Waals surface area (Å²) in [6, 6.07) is 14.4. The van der Waals surface area contributed by atoms with Gasteiger partial charge in [-0.25, -0.2) is 4.98 Å². The molecule has 1 atom stereocenters. The van der Waals surface area contributed by atoms with Gasteiger partial charge in [0.15, 0.2) is 5.82 Å². The van der Waals surface area contributed by atoms with Crippen molar-refractivity contribution in [2.24, 2.45) is 0 Å². The second kappa shape index (κ2) is 9.23. The predicted molar refractivity (Wildman–Crippen MR) is 114 cm³/mol. The number of rotatable bonds is 7. The third-order valence-electron chi connectivity index (χ3n) is 4.36. The van der Waals surface area contributed by atoms with Crippen molar-refractivity contribution in [1.29, 1.82) is 0 Å². The number of aromatic nitrogens is 4. The van der Waals surface area contributed by atoms with Crippen molar-refractivity contribution >= 4 is 29.8 Å². The molecule has 0 aliphatic carbocycles. The summed E-state index contributed by atoms with van der Waals surface area (Å²) in [5, 5.41) is 7.31. The van der Waals surface area contributed by atoms with Crippen molar-refractivity contribution in [3.8, 4) is 11.5 Å². The van der Waals surface area contributed by atoms with Gasteiger partial charge in [-0.15, -0.1) is 24.2 Å². The molecule has 4 rings (SSSR count). The first-order chi connectivity index (χ1) is 13.2. The molecular weight excluding hydrogens is 394 g/mol. The van der Waals surface area contributed by atoms with Crippen molar-refractivity contribution in [1.82, 2.24) is 24.8 Å². The van der Waals surface area contributed by atoms with Gasteiger partial charge in [-0.2, -0.15) is 4.98 Å². The summed E-state index contributed by atoms with van der Waals surface area (Å²) < 4.78 is 7.55. The van der Waals surface area contributed by atoms with Crippen LogP contribution < -0.4 is 5.32 Å². The number of hydrogen-bond donors (Lipinski definition) is 1. The lowest BCUT2D eigenvalue weighted by molar-refractivity contribution is 0.417. The number of thioether (sulfide) groups is 1. The molecule has 0 amide bonds. The standard InChI is InChI=1S/C20H21N5OS.ClH/c1-14(21-2)11-18-23-20(26-24-18)16-7-3-4-8-17(16)27-13-15-12-25-10-6-5-9-19(25)22-15;/h3-10,12,14,21H,11,13H2,1-2H3;1H. The zero-order valence-electron chi connectivity index (χ0n) is 15.7. The summed E-state index contributed by atoms with van der Waals surface area (Å²) in [6.45, 7) is 2.09. The molecular formula is C20H22ClN5OS. The van der Waals surface area contributed by atoms with E-state index in [9.17, 15) is 0 Å². The van der Waals surface area contributed by atoms with Crippen LogP contribution in [-0.4, -0.2) is 32.6 Å². The van der Waals surface area contributed by atoms with Gasteiger partial charge in [0.2, 0.25) is 0 Å². The molecule has 6 nitrogen and oxygen atoms in total. The summed E-state index contributed by atoms with van der Waals surface area (Å²) in [5.41, 5.74) is 2.96. The second-order valence-electron chi connectivity index (χ2n) is 6.39. The molecule has 0 spiro atoms. The van der Waals surface area contributed by atoms with E-state index < -0.39 is 0 Å². The number of hydrogen-bond acceptors (Lipinski definition) is 6. The first-order valence-electron chi connectivity index (χ1n) is 8.87. The van der Waals surface area contributed by atoms with E-state index in [1.165, 1.54) is 0 Å². The van der Waals surface area contributed by atoms with Crippen LogP contribution in [0.15, 0.2) is 64.3 Å². The third-order valence-corrected chi connectivity index (χ3v) is 5.46. The van der Waals surface area contributed by atoms with Crippen molar-refractivity contribution in [3.63, 3.8) is 0 Å². The summed E-state index contributed by atoms with van der Waals surface area (Å²) in [4.78, 5) is 10.3. The average Bonchev–Trinajstić information content (AvgIpc) is 3.33. The molecule has 0 aliphatic rings. The molecule has 3 aromatic heterocycles. The molecule has 0 bridgehead atoms. The Morgan fingerprint density at radius 2 is 1.96 bits per heavy atom. The monoisotopic (exact) mass is 415 g/mol. The fourth-order valence-electron chi connectivity index (χ4n) is 2.80. The van der Waals surface area contributed by atoms with Gasteiger partial charge in [0.25, 0.3) is 5.89 Å². The third kappa shape index (κ3) is 4.55. The number of nitrogens with zero attached hydrogens (tertiary/aromatic N) is 4. The second-order valence-corrected chi connectivity index (χ2v) is 7.41. The van der Waals surface area contributed by atoms with Crippen molar-refractivity contribution in [2.75, 3.05) is 7.05 Å². The number of nitrogens with one attached hydrogen (secondary N) is 1. The van der Waals surface area contributed by atoms with Gasteiger partial charge < -0.3 is 14.2 Å². The number of fused-ring (bicyclic) bond motifs is 1. The van der Waals surface area contributed by atoms with Crippen LogP contribution in [0.2, 0.25) is 0 Å². The molecule has 0 saturated heterocycles. The quantitative estimate of drug-likeness (QED) is 0.455. The summed E-state index contributed by atoms with van der Waals surface area (Å²) in [5.74, 6) is 2.05. The largest absolute Gasteiger partial charge is 0.334 e. The zero-order chi connectivity index (χ0) is 18.6. The van der Waals surface area contributed by atoms with Crippen LogP contribution in [0.3, 0.4) is 0 Å². The molecule has 1 N–H and O–H groups in total. The van der Waals surface area contributed by atoms with Crippen LogP contribution in [0.5, 0.6) is 0 Å². The molecule has 1 unspecified atom stereocenters. The van der Waals surface area contributed by atoms with Crippen LogP contribution in [0, 0.1) is 0 Å². The van der Waals surface area contributed by atoms with Crippen LogP contribution in [-0.2, 0) is 12.2 Å². The highest BCUT2D eigenvalue weighted by Gasteiger charge is 2.15. The molecule has 0 aliphatic heterocycles. The number of imidazole rings is 1. The minimum atomic E-state index is 0. The maximum absolute atomic E-state index is 5.51. The van der Waals surface area contributed by atoms with Gasteiger partial charge in [0.05, 0.1) is 11.3 Å². The first-order valence-corrected chi connectivity index (χ1v) is 9.86. The molecule has 4 aromatic rings. The highest BCUT2D eigenvalue weighted by Crippen LogP contribution is 2.32. The lowest BCUT2D eigenvalue weighted by Crippen LogP contribution is -2.24. The SMILES string of the molecule is CNC(C)Cc1noc(-c2ccccc2SCc2cn3ccccc3n2)n1.Cl. The van der Waals surface area contributed by atoms with Gasteiger partial charge in [0.1, 0.15) is 5.65 Å². The zero-order valence-corrected chi connectivity index (χ0v) is 17.3. The Kier molecular flexibility index (Phi) is 6.72. The van der Waals surface area contributed by atoms with Crippen molar-refractivity contribution in [3.05, 3.63) is 66.4 Å². The maximum atomic E-state index is 5.51. The van der Waals surface area contributed by atoms with E-state index in [-0.39, 0.29) is 12.4 Å². The van der Waals surface area contributed by atoms with E-state index in [1.54, 1.807) is 11.8 Å². The summed E-state index contributed by atoms with van der Waals surface area (Å²) >= 11 is 1.72. The molecule has 28 heavy (non-hydrogen) atoms. The summed E-state index contributed by atoms with van der Waals surface area (Å²) in [6.07, 6.45) is 4.81. The maximum Gasteiger partial charge on any atom is 0.259 e. The molecule has 0 fully saturated rings. The highest BCUT2D eigenvalue weighted by molar-refractivity contribution is 7.98. The molecule has 1 aromatic carbocycles. The van der Waals surface area contributed by atoms with E-state index in [1.807, 2.05) is 54.0 Å². The molecule has 3 heterocycles. The Morgan fingerprint density at radius 3 is 2.79 bits per heavy atom. The fraction of sp³-hybridized carbons (Fsp3) is 0.250. The van der Waals surface area contributed by atoms with Crippen molar-refractivity contribution in [2.45, 2.75) is 30.0 Å². The first kappa shape index (κ1) is 20.4. The van der Waals surface area contributed by atoms with Crippen LogP contribution in [0.4, 0.5) is 0 Å². The minimum absolute atomic E-state index is 0. The van der Waals surface area contributed by atoms with E-state index in [4.69, 9.17) is 4.52 Å². The minimum Gasteiger partial charge on any atom is -0.334 e. The predicted octanol–water partition coefficient (Wildman–Crippen LogP) is 4.25. The smallest absolute Gasteiger partial charge is 0.259 e. The number of likely N-dealkylation sites (N-methyl/N-ethyl adjacent to an activating group) is 1. The Bertz CT molecular complexity index is 1010. The normalized spacial score (nSPS) is 12.1. The van der Waals surface area contributed by atoms with Gasteiger partial charge in [0, 0.05) is 35.5 Å². The van der Waals surface area contributed by atoms with Gasteiger partial charge >= 0.3 is 0 Å². The van der Waals surface area contributed by atoms with E-state index >= 15 is 0 Å². The molecule has 0 saturated carbocycles. The molecule has 8 heteroatoms. The number of halogens is 1. The lowest BCUT2D eigenvalue weighted by Gasteiger charge is -2.05. The lowest BCUT2D eigenvalue weighted by atomic mass is 10.2. The van der Waals surface area contributed by atoms with E-state index in [0.29, 0.717) is 17.8 Å².